The second kappa shape index (κ2) is 11.0. The Morgan fingerprint density at radius 1 is 0.939 bits per heavy atom. The number of likely N-dealkylation sites (tertiary alicyclic amines) is 1. The maximum atomic E-state index is 14.0. The van der Waals surface area contributed by atoms with Crippen LogP contribution in [0.5, 0.6) is 0 Å². The molecule has 2 aliphatic heterocycles. The molecule has 0 spiro atoms. The van der Waals surface area contributed by atoms with Crippen LogP contribution >= 0.6 is 0 Å². The van der Waals surface area contributed by atoms with Gasteiger partial charge in [-0.1, -0.05) is 0 Å². The second-order valence-corrected chi connectivity index (χ2v) is 11.0. The number of piperazine rings is 1. The van der Waals surface area contributed by atoms with Crippen LogP contribution in [-0.4, -0.2) is 84.2 Å². The lowest BCUT2D eigenvalue weighted by molar-refractivity contribution is -0.281. The number of ether oxygens (including phenoxy) is 3. The highest BCUT2D eigenvalue weighted by molar-refractivity contribution is 5.79. The number of hydrogen-bond acceptors (Lipinski definition) is 8. The van der Waals surface area contributed by atoms with Crippen LogP contribution in [-0.2, 0) is 23.8 Å². The average Bonchev–Trinajstić information content (AvgIpc) is 3.25. The fourth-order valence-corrected chi connectivity index (χ4v) is 5.50. The first-order valence-corrected chi connectivity index (χ1v) is 12.9. The van der Waals surface area contributed by atoms with Crippen LogP contribution in [0.4, 0.5) is 0 Å². The van der Waals surface area contributed by atoms with Crippen molar-refractivity contribution in [3.63, 3.8) is 0 Å². The molecule has 33 heavy (non-hydrogen) atoms. The van der Waals surface area contributed by atoms with E-state index in [9.17, 15) is 9.59 Å². The Kier molecular flexibility index (Phi) is 8.81. The summed E-state index contributed by atoms with van der Waals surface area (Å²) in [6.45, 7) is 15.3. The molecule has 2 heterocycles. The van der Waals surface area contributed by atoms with Gasteiger partial charge in [-0.05, 0) is 80.1 Å². The molecule has 0 bridgehead atoms. The van der Waals surface area contributed by atoms with Gasteiger partial charge in [0.25, 0.3) is 5.85 Å². The van der Waals surface area contributed by atoms with Crippen molar-refractivity contribution in [3.8, 4) is 0 Å². The molecule has 0 radical (unpaired) electrons. The monoisotopic (exact) mass is 467 g/mol. The van der Waals surface area contributed by atoms with Crippen molar-refractivity contribution in [2.45, 2.75) is 110 Å². The van der Waals surface area contributed by atoms with Gasteiger partial charge in [-0.15, -0.1) is 0 Å². The number of hydrogen-bond donors (Lipinski definition) is 1. The normalized spacial score (nSPS) is 31.7. The van der Waals surface area contributed by atoms with Crippen LogP contribution in [0.15, 0.2) is 0 Å². The van der Waals surface area contributed by atoms with Crippen LogP contribution in [0.2, 0.25) is 0 Å². The van der Waals surface area contributed by atoms with Crippen molar-refractivity contribution in [3.05, 3.63) is 0 Å². The predicted molar refractivity (Wildman–Crippen MR) is 126 cm³/mol. The molecule has 1 saturated carbocycles. The first-order chi connectivity index (χ1) is 15.5. The summed E-state index contributed by atoms with van der Waals surface area (Å²) in [7, 11) is 0. The quantitative estimate of drug-likeness (QED) is 0.573. The minimum absolute atomic E-state index is 0.0771. The van der Waals surface area contributed by atoms with E-state index in [0.717, 1.165) is 51.6 Å². The Labute approximate surface area is 199 Å². The van der Waals surface area contributed by atoms with Gasteiger partial charge < -0.3 is 19.5 Å². The highest BCUT2D eigenvalue weighted by Crippen LogP contribution is 2.37. The zero-order valence-corrected chi connectivity index (χ0v) is 21.5. The molecule has 1 N–H and O–H groups in total. The van der Waals surface area contributed by atoms with Crippen LogP contribution in [0.3, 0.4) is 0 Å². The van der Waals surface area contributed by atoms with E-state index in [1.54, 1.807) is 0 Å². The van der Waals surface area contributed by atoms with Crippen LogP contribution in [0.1, 0.15) is 80.1 Å². The lowest BCUT2D eigenvalue weighted by atomic mass is 9.87. The molecular formula is C25H45N3O5. The predicted octanol–water partition coefficient (Wildman–Crippen LogP) is 2.90. The summed E-state index contributed by atoms with van der Waals surface area (Å²) in [5, 5.41) is 3.57. The van der Waals surface area contributed by atoms with E-state index >= 15 is 0 Å². The van der Waals surface area contributed by atoms with Crippen molar-refractivity contribution in [1.82, 2.24) is 15.1 Å². The van der Waals surface area contributed by atoms with E-state index in [0.29, 0.717) is 19.7 Å². The van der Waals surface area contributed by atoms with Gasteiger partial charge in [0.2, 0.25) is 0 Å². The number of carbonyl (C=O) groups is 2. The van der Waals surface area contributed by atoms with E-state index in [-0.39, 0.29) is 36.0 Å². The topological polar surface area (TPSA) is 80.3 Å². The third-order valence-electron chi connectivity index (χ3n) is 6.81. The van der Waals surface area contributed by atoms with E-state index < -0.39 is 11.4 Å². The molecule has 8 heteroatoms. The molecular weight excluding hydrogens is 422 g/mol. The number of nitrogens with zero attached hydrogens (tertiary/aromatic N) is 2. The lowest BCUT2D eigenvalue weighted by Gasteiger charge is -2.52. The minimum atomic E-state index is -1.24. The van der Waals surface area contributed by atoms with Crippen molar-refractivity contribution >= 4 is 11.9 Å². The molecule has 0 aromatic rings. The molecule has 3 aliphatic rings. The van der Waals surface area contributed by atoms with Gasteiger partial charge in [-0.3, -0.25) is 9.69 Å². The fraction of sp³-hybridized carbons (Fsp3) is 0.920. The molecule has 0 aromatic heterocycles. The molecule has 0 amide bonds. The number of nitrogens with one attached hydrogen (secondary N) is 1. The summed E-state index contributed by atoms with van der Waals surface area (Å²) >= 11 is 0. The summed E-state index contributed by atoms with van der Waals surface area (Å²) in [5.41, 5.74) is -0.613. The average molecular weight is 468 g/mol. The van der Waals surface area contributed by atoms with Crippen LogP contribution in [0.25, 0.3) is 0 Å². The fourth-order valence-electron chi connectivity index (χ4n) is 5.50. The Morgan fingerprint density at radius 2 is 1.52 bits per heavy atom. The van der Waals surface area contributed by atoms with Gasteiger partial charge in [-0.25, -0.2) is 9.69 Å². The first kappa shape index (κ1) is 26.4. The molecule has 1 unspecified atom stereocenters. The Balaban J connectivity index is 1.88. The molecule has 2 saturated heterocycles. The van der Waals surface area contributed by atoms with Crippen molar-refractivity contribution < 1.29 is 23.8 Å². The van der Waals surface area contributed by atoms with Crippen LogP contribution < -0.4 is 5.32 Å². The minimum Gasteiger partial charge on any atom is -0.466 e. The molecule has 8 nitrogen and oxygen atoms in total. The van der Waals surface area contributed by atoms with Gasteiger partial charge in [0.1, 0.15) is 5.60 Å². The third-order valence-corrected chi connectivity index (χ3v) is 6.81. The van der Waals surface area contributed by atoms with Gasteiger partial charge in [0.15, 0.2) is 0 Å². The zero-order chi connectivity index (χ0) is 24.2. The summed E-state index contributed by atoms with van der Waals surface area (Å²) in [6, 6.07) is 0.475. The number of carbonyl (C=O) groups excluding carboxylic acids is 2. The second-order valence-electron chi connectivity index (χ2n) is 11.0. The molecule has 3 fully saturated rings. The van der Waals surface area contributed by atoms with Gasteiger partial charge in [0.05, 0.1) is 18.6 Å². The highest BCUT2D eigenvalue weighted by Gasteiger charge is 2.56. The molecule has 3 rings (SSSR count). The standard InChI is InChI=1S/C25H45N3O5/c1-7-31-22(29)20-10-12-21(13-11-20)32-25(27-14-8-9-15-27,23(30)33-24(4,5)6)28-16-18(2)26-19(3)17-28/h18-21,26H,7-17H2,1-6H3/t18-,19+,20?,21?,25?. The molecule has 3 atom stereocenters. The first-order valence-electron chi connectivity index (χ1n) is 12.9. The van der Waals surface area contributed by atoms with Gasteiger partial charge in [0, 0.05) is 38.3 Å². The van der Waals surface area contributed by atoms with Crippen molar-refractivity contribution in [2.75, 3.05) is 32.8 Å². The Bertz CT molecular complexity index is 657. The van der Waals surface area contributed by atoms with Crippen LogP contribution in [0, 0.1) is 5.92 Å². The van der Waals surface area contributed by atoms with E-state index in [1.807, 2.05) is 27.7 Å². The summed E-state index contributed by atoms with van der Waals surface area (Å²) in [4.78, 5) is 30.6. The third kappa shape index (κ3) is 6.47. The van der Waals surface area contributed by atoms with E-state index in [4.69, 9.17) is 14.2 Å². The largest absolute Gasteiger partial charge is 0.466 e. The zero-order valence-electron chi connectivity index (χ0n) is 21.5. The lowest BCUT2D eigenvalue weighted by Crippen LogP contribution is -2.73. The van der Waals surface area contributed by atoms with Gasteiger partial charge >= 0.3 is 11.9 Å². The van der Waals surface area contributed by atoms with Gasteiger partial charge in [-0.2, -0.15) is 0 Å². The van der Waals surface area contributed by atoms with Crippen molar-refractivity contribution in [2.24, 2.45) is 5.92 Å². The van der Waals surface area contributed by atoms with E-state index in [1.165, 1.54) is 0 Å². The smallest absolute Gasteiger partial charge is 0.371 e. The molecule has 1 aliphatic carbocycles. The molecule has 190 valence electrons. The summed E-state index contributed by atoms with van der Waals surface area (Å²) in [5.74, 6) is -1.74. The van der Waals surface area contributed by atoms with E-state index in [2.05, 4.69) is 29.0 Å². The Morgan fingerprint density at radius 3 is 2.03 bits per heavy atom. The number of rotatable bonds is 7. The van der Waals surface area contributed by atoms with Crippen molar-refractivity contribution in [1.29, 1.82) is 0 Å². The Hall–Kier alpha value is -1.22. The number of esters is 2. The molecule has 0 aromatic carbocycles. The SMILES string of the molecule is CCOC(=O)C1CCC(OC(C(=O)OC(C)(C)C)(N2CCCC2)N2C[C@@H](C)N[C@@H](C)C2)CC1. The summed E-state index contributed by atoms with van der Waals surface area (Å²) < 4.78 is 18.2. The maximum Gasteiger partial charge on any atom is 0.371 e. The highest BCUT2D eigenvalue weighted by atomic mass is 16.6. The maximum absolute atomic E-state index is 14.0. The summed E-state index contributed by atoms with van der Waals surface area (Å²) in [6.07, 6.45) is 4.90.